The Morgan fingerprint density at radius 1 is 0.296 bits per heavy atom. The molecule has 0 aromatic heterocycles. The number of phosphoric ester groups is 1. The van der Waals surface area contributed by atoms with Crippen molar-refractivity contribution >= 4 is 14.7 Å². The summed E-state index contributed by atoms with van der Waals surface area (Å²) in [7, 11) is -3.69. The van der Waals surface area contributed by atoms with E-state index in [1.165, 1.54) is 193 Å². The van der Waals surface area contributed by atoms with E-state index in [2.05, 4.69) is 41.5 Å². The maximum absolute atomic E-state index is 15.0. The Bertz CT molecular complexity index is 729. The quantitative estimate of drug-likeness (QED) is 0.0454. The molecule has 0 bridgehead atoms. The third kappa shape index (κ3) is 30.6. The van der Waals surface area contributed by atoms with Crippen molar-refractivity contribution in [2.45, 2.75) is 273 Å². The van der Waals surface area contributed by atoms with E-state index in [1.807, 2.05) is 0 Å². The van der Waals surface area contributed by atoms with Gasteiger partial charge in [0.1, 0.15) is 0 Å². The maximum atomic E-state index is 15.0. The summed E-state index contributed by atoms with van der Waals surface area (Å²) in [5, 5.41) is 0. The molecule has 0 saturated heterocycles. The fourth-order valence-electron chi connectivity index (χ4n) is 8.40. The molecule has 0 atom stereocenters. The summed E-state index contributed by atoms with van der Waals surface area (Å²) in [5.74, 6) is 0. The molecule has 0 fully saturated rings. The van der Waals surface area contributed by atoms with E-state index in [9.17, 15) is 4.57 Å². The van der Waals surface area contributed by atoms with Gasteiger partial charge in [-0.05, 0) is 0 Å². The number of unbranched alkanes of at least 4 members (excludes halogenated alkanes) is 30. The van der Waals surface area contributed by atoms with Crippen LogP contribution < -0.4 is 0 Å². The summed E-state index contributed by atoms with van der Waals surface area (Å²) in [6.07, 6.45) is 50.9. The van der Waals surface area contributed by atoms with Crippen LogP contribution in [0.3, 0.4) is 0 Å². The molecule has 0 N–H and O–H groups in total. The summed E-state index contributed by atoms with van der Waals surface area (Å²) in [5.41, 5.74) is 0. The molecule has 54 heavy (non-hydrogen) atoms. The van der Waals surface area contributed by atoms with Gasteiger partial charge in [-0.2, -0.15) is 0 Å². The van der Waals surface area contributed by atoms with Crippen LogP contribution in [0.5, 0.6) is 0 Å². The van der Waals surface area contributed by atoms with Gasteiger partial charge in [0.05, 0.1) is 0 Å². The van der Waals surface area contributed by atoms with Crippen LogP contribution in [0.25, 0.3) is 0 Å². The molecule has 328 valence electrons. The van der Waals surface area contributed by atoms with E-state index < -0.39 is 14.7 Å². The van der Waals surface area contributed by atoms with Gasteiger partial charge in [0.25, 0.3) is 0 Å². The molecule has 0 aliphatic heterocycles. The second-order valence-electron chi connectivity index (χ2n) is 17.6. The minimum absolute atomic E-state index is 0.467. The molecule has 0 amide bonds. The molecule has 0 rings (SSSR count). The fourth-order valence-corrected chi connectivity index (χ4v) is 18.7. The van der Waals surface area contributed by atoms with Crippen molar-refractivity contribution < 1.29 is 17.9 Å². The Labute approximate surface area is 342 Å². The van der Waals surface area contributed by atoms with Crippen LogP contribution in [-0.4, -0.2) is 37.9 Å². The number of hydrogen-bond donors (Lipinski definition) is 0. The zero-order chi connectivity index (χ0) is 39.8. The topological polar surface area (TPSA) is 44.8 Å². The van der Waals surface area contributed by atoms with Crippen molar-refractivity contribution in [3.63, 3.8) is 0 Å². The summed E-state index contributed by atoms with van der Waals surface area (Å²) in [6, 6.07) is 0. The predicted molar refractivity (Wildman–Crippen MR) is 247 cm³/mol. The van der Waals surface area contributed by atoms with Gasteiger partial charge in [-0.3, -0.25) is 0 Å². The summed E-state index contributed by atoms with van der Waals surface area (Å²) >= 11 is 0. The standard InChI is InChI=1S/C48H102O4P2/c1-7-13-19-22-25-28-31-34-37-40-46-54(45-18-12-6,47-41-38-35-32-29-26-23-20-14-8-2,48-42-39-36-33-30-27-24-21-15-9-3)52-53(49,50-43-16-10-4)51-44-17-11-5/h7-48H2,1-6H3. The van der Waals surface area contributed by atoms with E-state index in [4.69, 9.17) is 13.4 Å². The molecule has 0 aliphatic rings. The minimum atomic E-state index is -3.69. The first-order valence-corrected chi connectivity index (χ1v) is 29.4. The van der Waals surface area contributed by atoms with E-state index >= 15 is 0 Å². The molecule has 0 aliphatic carbocycles. The van der Waals surface area contributed by atoms with Crippen LogP contribution in [0.15, 0.2) is 0 Å². The van der Waals surface area contributed by atoms with Crippen LogP contribution in [-0.2, 0) is 17.9 Å². The molecule has 0 unspecified atom stereocenters. The van der Waals surface area contributed by atoms with Gasteiger partial charge in [0, 0.05) is 0 Å². The Morgan fingerprint density at radius 2 is 0.519 bits per heavy atom. The molecule has 0 aromatic rings. The SMILES string of the molecule is CCCCCCCCCCCCP(CCCC)(CCCCCCCCCCCC)(CCCCCCCCCCCC)OP(=O)(OCCCC)OCCCC. The molecule has 4 nitrogen and oxygen atoms in total. The van der Waals surface area contributed by atoms with Crippen LogP contribution in [0.1, 0.15) is 273 Å². The van der Waals surface area contributed by atoms with Gasteiger partial charge < -0.3 is 0 Å². The van der Waals surface area contributed by atoms with Crippen molar-refractivity contribution in [1.29, 1.82) is 0 Å². The van der Waals surface area contributed by atoms with Gasteiger partial charge in [-0.25, -0.2) is 0 Å². The summed E-state index contributed by atoms with van der Waals surface area (Å²) in [4.78, 5) is 0. The van der Waals surface area contributed by atoms with Crippen LogP contribution >= 0.6 is 14.7 Å². The fraction of sp³-hybridized carbons (Fsp3) is 1.00. The number of hydrogen-bond acceptors (Lipinski definition) is 4. The first kappa shape index (κ1) is 54.5. The molecule has 0 radical (unpaired) electrons. The molecule has 6 heteroatoms. The molecule has 0 saturated carbocycles. The van der Waals surface area contributed by atoms with Crippen molar-refractivity contribution in [2.24, 2.45) is 0 Å². The van der Waals surface area contributed by atoms with Crippen molar-refractivity contribution in [1.82, 2.24) is 0 Å². The van der Waals surface area contributed by atoms with Crippen molar-refractivity contribution in [2.75, 3.05) is 37.9 Å². The van der Waals surface area contributed by atoms with E-state index in [0.29, 0.717) is 13.2 Å². The average molecular weight is 805 g/mol. The van der Waals surface area contributed by atoms with Gasteiger partial charge >= 0.3 is 343 Å². The zero-order valence-corrected chi connectivity index (χ0v) is 40.0. The van der Waals surface area contributed by atoms with Crippen molar-refractivity contribution in [3.8, 4) is 0 Å². The monoisotopic (exact) mass is 805 g/mol. The van der Waals surface area contributed by atoms with Gasteiger partial charge in [0.2, 0.25) is 0 Å². The summed E-state index contributed by atoms with van der Waals surface area (Å²) < 4.78 is 35.1. The third-order valence-electron chi connectivity index (χ3n) is 12.1. The number of phosphoric acid groups is 1. The van der Waals surface area contributed by atoms with Crippen LogP contribution in [0.2, 0.25) is 0 Å². The average Bonchev–Trinajstić information content (AvgIpc) is 3.17. The molecule has 0 heterocycles. The Balaban J connectivity index is 6.12. The third-order valence-corrected chi connectivity index (χ3v) is 21.6. The summed E-state index contributed by atoms with van der Waals surface area (Å²) in [6.45, 7) is 11.6. The van der Waals surface area contributed by atoms with Gasteiger partial charge in [-0.15, -0.1) is 0 Å². The molecule has 0 aromatic carbocycles. The van der Waals surface area contributed by atoms with E-state index in [-0.39, 0.29) is 0 Å². The first-order valence-electron chi connectivity index (χ1n) is 25.0. The normalized spacial score (nSPS) is 13.1. The second-order valence-corrected chi connectivity index (χ2v) is 25.1. The van der Waals surface area contributed by atoms with Gasteiger partial charge in [0.15, 0.2) is 0 Å². The zero-order valence-electron chi connectivity index (χ0n) is 38.2. The Kier molecular flexibility index (Phi) is 39.4. The molecule has 0 spiro atoms. The first-order chi connectivity index (χ1) is 26.4. The van der Waals surface area contributed by atoms with Crippen molar-refractivity contribution in [3.05, 3.63) is 0 Å². The second kappa shape index (κ2) is 39.0. The predicted octanol–water partition coefficient (Wildman–Crippen LogP) is 18.8. The van der Waals surface area contributed by atoms with Crippen LogP contribution in [0.4, 0.5) is 0 Å². The number of rotatable bonds is 46. The Hall–Kier alpha value is 0.540. The van der Waals surface area contributed by atoms with E-state index in [0.717, 1.165) is 63.2 Å². The van der Waals surface area contributed by atoms with E-state index in [1.54, 1.807) is 0 Å². The van der Waals surface area contributed by atoms with Gasteiger partial charge in [-0.1, -0.05) is 0 Å². The molecular weight excluding hydrogens is 702 g/mol. The Morgan fingerprint density at radius 3 is 0.778 bits per heavy atom. The van der Waals surface area contributed by atoms with Crippen LogP contribution in [0, 0.1) is 0 Å². The molecular formula is C48H102O4P2.